The average Bonchev–Trinajstić information content (AvgIpc) is 3.22. The lowest BCUT2D eigenvalue weighted by molar-refractivity contribution is -0.118. The minimum Gasteiger partial charge on any atom is -0.496 e. The van der Waals surface area contributed by atoms with E-state index in [1.807, 2.05) is 6.26 Å². The molecule has 0 saturated carbocycles. The number of aromatic amines is 1. The first-order valence-corrected chi connectivity index (χ1v) is 10.8. The Kier molecular flexibility index (Phi) is 7.50. The van der Waals surface area contributed by atoms with Gasteiger partial charge in [-0.05, 0) is 42.7 Å². The van der Waals surface area contributed by atoms with E-state index >= 15 is 0 Å². The number of para-hydroxylation sites is 1. The highest BCUT2D eigenvalue weighted by Gasteiger charge is 2.23. The van der Waals surface area contributed by atoms with Crippen molar-refractivity contribution in [3.8, 4) is 17.1 Å². The Balaban J connectivity index is 1.75. The van der Waals surface area contributed by atoms with Crippen molar-refractivity contribution in [1.82, 2.24) is 15.5 Å². The summed E-state index contributed by atoms with van der Waals surface area (Å²) in [5.41, 5.74) is 1.42. The summed E-state index contributed by atoms with van der Waals surface area (Å²) < 4.78 is 9.76. The molecule has 0 bridgehead atoms. The molecule has 1 atom stereocenters. The summed E-state index contributed by atoms with van der Waals surface area (Å²) >= 11 is 1.58. The number of benzene rings is 2. The van der Waals surface area contributed by atoms with Crippen molar-refractivity contribution in [2.45, 2.75) is 12.5 Å². The Morgan fingerprint density at radius 2 is 2.03 bits per heavy atom. The number of aromatic nitrogens is 2. The van der Waals surface area contributed by atoms with Crippen LogP contribution >= 0.6 is 11.8 Å². The first-order valence-electron chi connectivity index (χ1n) is 9.42. The molecule has 1 heterocycles. The number of nitrogens with one attached hydrogen (secondary N) is 3. The van der Waals surface area contributed by atoms with Gasteiger partial charge in [0.05, 0.1) is 12.7 Å². The van der Waals surface area contributed by atoms with E-state index in [4.69, 9.17) is 4.74 Å². The van der Waals surface area contributed by atoms with E-state index in [0.717, 1.165) is 0 Å². The second-order valence-corrected chi connectivity index (χ2v) is 7.51. The van der Waals surface area contributed by atoms with E-state index in [1.54, 1.807) is 60.3 Å². The molecule has 3 rings (SSSR count). The van der Waals surface area contributed by atoms with E-state index in [9.17, 15) is 14.4 Å². The monoisotopic (exact) mass is 442 g/mol. The molecule has 3 aromatic rings. The first kappa shape index (κ1) is 22.2. The summed E-state index contributed by atoms with van der Waals surface area (Å²) in [5.74, 6) is -0.0518. The third-order valence-electron chi connectivity index (χ3n) is 4.43. The van der Waals surface area contributed by atoms with Crippen LogP contribution in [0.1, 0.15) is 16.8 Å². The van der Waals surface area contributed by atoms with Crippen molar-refractivity contribution in [3.63, 3.8) is 0 Å². The van der Waals surface area contributed by atoms with Gasteiger partial charge in [0, 0.05) is 11.3 Å². The maximum absolute atomic E-state index is 12.9. The Hall–Kier alpha value is -3.53. The molecule has 0 radical (unpaired) electrons. The number of methoxy groups -OCH3 is 1. The molecule has 0 aliphatic carbocycles. The van der Waals surface area contributed by atoms with Crippen molar-refractivity contribution in [2.24, 2.45) is 0 Å². The number of carbonyl (C=O) groups excluding carboxylic acids is 2. The molecule has 0 aliphatic heterocycles. The quantitative estimate of drug-likeness (QED) is 0.465. The molecular formula is C21H22N4O5S. The number of nitrogens with zero attached hydrogens (tertiary/aromatic N) is 1. The fourth-order valence-corrected chi connectivity index (χ4v) is 3.37. The molecule has 2 amide bonds. The molecule has 2 aromatic carbocycles. The van der Waals surface area contributed by atoms with E-state index in [1.165, 1.54) is 7.11 Å². The molecule has 0 saturated heterocycles. The molecule has 0 aliphatic rings. The number of thioether (sulfide) groups is 1. The number of rotatable bonds is 9. The topological polar surface area (TPSA) is 126 Å². The van der Waals surface area contributed by atoms with Crippen LogP contribution in [0.25, 0.3) is 11.4 Å². The number of hydrogen-bond acceptors (Lipinski definition) is 7. The van der Waals surface area contributed by atoms with E-state index in [2.05, 4.69) is 25.3 Å². The zero-order valence-corrected chi connectivity index (χ0v) is 17.8. The number of amides is 2. The van der Waals surface area contributed by atoms with Crippen LogP contribution in [-0.4, -0.2) is 47.1 Å². The van der Waals surface area contributed by atoms with Gasteiger partial charge in [-0.25, -0.2) is 4.79 Å². The van der Waals surface area contributed by atoms with Crippen molar-refractivity contribution in [3.05, 3.63) is 64.6 Å². The zero-order chi connectivity index (χ0) is 22.2. The van der Waals surface area contributed by atoms with Gasteiger partial charge in [0.2, 0.25) is 5.91 Å². The van der Waals surface area contributed by atoms with E-state index in [0.29, 0.717) is 34.7 Å². The molecule has 1 unspecified atom stereocenters. The Labute approximate surface area is 182 Å². The minimum atomic E-state index is -0.750. The molecule has 1 aromatic heterocycles. The molecule has 162 valence electrons. The highest BCUT2D eigenvalue weighted by molar-refractivity contribution is 7.98. The first-order chi connectivity index (χ1) is 15.0. The maximum Gasteiger partial charge on any atom is 0.439 e. The fourth-order valence-electron chi connectivity index (χ4n) is 2.90. The molecule has 10 heteroatoms. The van der Waals surface area contributed by atoms with Gasteiger partial charge in [-0.1, -0.05) is 29.4 Å². The smallest absolute Gasteiger partial charge is 0.439 e. The number of ether oxygens (including phenoxy) is 1. The van der Waals surface area contributed by atoms with Crippen LogP contribution in [0.15, 0.2) is 57.8 Å². The van der Waals surface area contributed by atoms with E-state index in [-0.39, 0.29) is 11.7 Å². The van der Waals surface area contributed by atoms with Gasteiger partial charge < -0.3 is 15.4 Å². The molecule has 9 nitrogen and oxygen atoms in total. The third kappa shape index (κ3) is 5.76. The molecular weight excluding hydrogens is 420 g/mol. The third-order valence-corrected chi connectivity index (χ3v) is 5.07. The summed E-state index contributed by atoms with van der Waals surface area (Å²) in [5, 5.41) is 9.25. The normalized spacial score (nSPS) is 11.5. The lowest BCUT2D eigenvalue weighted by Crippen LogP contribution is -2.44. The fraction of sp³-hybridized carbons (Fsp3) is 0.238. The predicted molar refractivity (Wildman–Crippen MR) is 118 cm³/mol. The van der Waals surface area contributed by atoms with Gasteiger partial charge in [-0.3, -0.25) is 19.1 Å². The Morgan fingerprint density at radius 1 is 1.23 bits per heavy atom. The van der Waals surface area contributed by atoms with Crippen molar-refractivity contribution in [1.29, 1.82) is 0 Å². The highest BCUT2D eigenvalue weighted by atomic mass is 32.2. The van der Waals surface area contributed by atoms with Crippen molar-refractivity contribution < 1.29 is 18.8 Å². The standard InChI is InChI=1S/C21H22N4O5S/c1-29-17-9-4-3-8-15(17)19(26)23-16(10-11-31-2)20(27)22-14-7-5-6-13(12-14)18-24-21(28)30-25-18/h3-9,12,16H,10-11H2,1-2H3,(H,22,27)(H,23,26)(H,24,25,28). The van der Waals surface area contributed by atoms with Gasteiger partial charge in [0.25, 0.3) is 5.91 Å². The summed E-state index contributed by atoms with van der Waals surface area (Å²) in [7, 11) is 1.49. The largest absolute Gasteiger partial charge is 0.496 e. The molecule has 0 fully saturated rings. The Morgan fingerprint density at radius 3 is 2.74 bits per heavy atom. The lowest BCUT2D eigenvalue weighted by Gasteiger charge is -2.19. The van der Waals surface area contributed by atoms with Crippen molar-refractivity contribution >= 4 is 29.3 Å². The number of carbonyl (C=O) groups is 2. The van der Waals surface area contributed by atoms with E-state index < -0.39 is 17.7 Å². The van der Waals surface area contributed by atoms with Gasteiger partial charge >= 0.3 is 5.76 Å². The SMILES string of the molecule is COc1ccccc1C(=O)NC(CCSC)C(=O)Nc1cccc(-c2noc(=O)[nH]2)c1. The van der Waals surface area contributed by atoms with Gasteiger partial charge in [-0.15, -0.1) is 0 Å². The van der Waals surface area contributed by atoms with Crippen molar-refractivity contribution in [2.75, 3.05) is 24.4 Å². The van der Waals surface area contributed by atoms with Crippen LogP contribution in [-0.2, 0) is 4.79 Å². The maximum atomic E-state index is 12.9. The van der Waals surface area contributed by atoms with Crippen LogP contribution in [0, 0.1) is 0 Å². The van der Waals surface area contributed by atoms with Crippen LogP contribution < -0.4 is 21.1 Å². The van der Waals surface area contributed by atoms with Crippen LogP contribution in [0.3, 0.4) is 0 Å². The second kappa shape index (κ2) is 10.5. The molecule has 0 spiro atoms. The van der Waals surface area contributed by atoms with Crippen LogP contribution in [0.5, 0.6) is 5.75 Å². The number of anilines is 1. The van der Waals surface area contributed by atoms with Crippen LogP contribution in [0.2, 0.25) is 0 Å². The molecule has 3 N–H and O–H groups in total. The zero-order valence-electron chi connectivity index (χ0n) is 17.0. The Bertz CT molecular complexity index is 1110. The predicted octanol–water partition coefficient (Wildman–Crippen LogP) is 2.53. The van der Waals surface area contributed by atoms with Gasteiger partial charge in [0.15, 0.2) is 5.82 Å². The van der Waals surface area contributed by atoms with Crippen LogP contribution in [0.4, 0.5) is 5.69 Å². The summed E-state index contributed by atoms with van der Waals surface area (Å²) in [6.07, 6.45) is 2.38. The molecule has 31 heavy (non-hydrogen) atoms. The summed E-state index contributed by atoms with van der Waals surface area (Å²) in [6, 6.07) is 12.9. The second-order valence-electron chi connectivity index (χ2n) is 6.52. The minimum absolute atomic E-state index is 0.254. The van der Waals surface area contributed by atoms with Gasteiger partial charge in [-0.2, -0.15) is 11.8 Å². The summed E-state index contributed by atoms with van der Waals surface area (Å²) in [6.45, 7) is 0. The number of hydrogen-bond donors (Lipinski definition) is 3. The average molecular weight is 442 g/mol. The number of H-pyrrole nitrogens is 1. The highest BCUT2D eigenvalue weighted by Crippen LogP contribution is 2.20. The lowest BCUT2D eigenvalue weighted by atomic mass is 10.1. The summed E-state index contributed by atoms with van der Waals surface area (Å²) in [4.78, 5) is 39.3. The van der Waals surface area contributed by atoms with Gasteiger partial charge in [0.1, 0.15) is 11.8 Å².